The topological polar surface area (TPSA) is 98.8 Å². The number of hydrogen-bond donors (Lipinski definition) is 2. The van der Waals surface area contributed by atoms with Crippen molar-refractivity contribution in [3.05, 3.63) is 41.7 Å². The Morgan fingerprint density at radius 1 is 1.00 bits per heavy atom. The molecule has 3 N–H and O–H groups in total. The molecule has 1 atom stereocenters. The van der Waals surface area contributed by atoms with Crippen LogP contribution >= 0.6 is 0 Å². The largest absolute Gasteiger partial charge is 0.473 e. The van der Waals surface area contributed by atoms with Crippen LogP contribution in [0.5, 0.6) is 5.88 Å². The second-order valence-corrected chi connectivity index (χ2v) is 6.15. The summed E-state index contributed by atoms with van der Waals surface area (Å²) in [4.78, 5) is 17.6. The molecule has 2 aromatic heterocycles. The summed E-state index contributed by atoms with van der Waals surface area (Å²) in [6, 6.07) is 9.94. The van der Waals surface area contributed by atoms with Crippen LogP contribution in [-0.2, 0) is 0 Å². The normalized spacial score (nSPS) is 12.4. The first-order chi connectivity index (χ1) is 11.9. The van der Waals surface area contributed by atoms with Gasteiger partial charge in [-0.3, -0.25) is 0 Å². The van der Waals surface area contributed by atoms with Gasteiger partial charge < -0.3 is 15.8 Å². The van der Waals surface area contributed by atoms with Gasteiger partial charge in [-0.05, 0) is 39.8 Å². The van der Waals surface area contributed by atoms with E-state index in [-0.39, 0.29) is 18.1 Å². The maximum Gasteiger partial charge on any atom is 0.247 e. The van der Waals surface area contributed by atoms with Gasteiger partial charge in [0, 0.05) is 5.69 Å². The van der Waals surface area contributed by atoms with Crippen molar-refractivity contribution in [2.75, 3.05) is 11.1 Å². The standard InChI is InChI=1S/C18H22N6O/c1-10(2)25-17-15-16(23-18(19)24-17)21-12(4)14(22-15)11(3)20-13-8-6-5-7-9-13/h5-11,20H,1-4H3,(H2,19,21,23,24). The summed E-state index contributed by atoms with van der Waals surface area (Å²) in [6.07, 6.45) is -0.0519. The van der Waals surface area contributed by atoms with Crippen LogP contribution in [0.3, 0.4) is 0 Å². The average Bonchev–Trinajstić information content (AvgIpc) is 2.54. The van der Waals surface area contributed by atoms with E-state index in [0.717, 1.165) is 17.1 Å². The summed E-state index contributed by atoms with van der Waals surface area (Å²) in [7, 11) is 0. The van der Waals surface area contributed by atoms with Gasteiger partial charge in [-0.1, -0.05) is 18.2 Å². The third-order valence-corrected chi connectivity index (χ3v) is 3.64. The summed E-state index contributed by atoms with van der Waals surface area (Å²) < 4.78 is 5.75. The number of aryl methyl sites for hydroxylation is 1. The first-order valence-electron chi connectivity index (χ1n) is 8.24. The highest BCUT2D eigenvalue weighted by Gasteiger charge is 2.18. The number of ether oxygens (including phenoxy) is 1. The van der Waals surface area contributed by atoms with Crippen LogP contribution < -0.4 is 15.8 Å². The van der Waals surface area contributed by atoms with E-state index in [2.05, 4.69) is 20.3 Å². The molecule has 7 heteroatoms. The third kappa shape index (κ3) is 3.76. The Morgan fingerprint density at radius 3 is 2.40 bits per heavy atom. The number of para-hydroxylation sites is 1. The van der Waals surface area contributed by atoms with E-state index in [1.54, 1.807) is 0 Å². The maximum atomic E-state index is 5.77. The van der Waals surface area contributed by atoms with Crippen molar-refractivity contribution in [2.45, 2.75) is 39.8 Å². The first-order valence-corrected chi connectivity index (χ1v) is 8.24. The number of fused-ring (bicyclic) bond motifs is 1. The maximum absolute atomic E-state index is 5.77. The quantitative estimate of drug-likeness (QED) is 0.736. The molecular formula is C18H22N6O. The second kappa shape index (κ2) is 6.88. The minimum atomic E-state index is -0.0519. The molecule has 0 fully saturated rings. The molecule has 0 radical (unpaired) electrons. The van der Waals surface area contributed by atoms with Gasteiger partial charge in [-0.2, -0.15) is 9.97 Å². The van der Waals surface area contributed by atoms with Gasteiger partial charge in [-0.15, -0.1) is 0 Å². The van der Waals surface area contributed by atoms with Gasteiger partial charge in [0.1, 0.15) is 0 Å². The molecule has 0 spiro atoms. The van der Waals surface area contributed by atoms with E-state index < -0.39 is 0 Å². The lowest BCUT2D eigenvalue weighted by Crippen LogP contribution is -2.14. The molecule has 3 rings (SSSR count). The third-order valence-electron chi connectivity index (χ3n) is 3.64. The number of rotatable bonds is 5. The Balaban J connectivity index is 2.03. The second-order valence-electron chi connectivity index (χ2n) is 6.15. The summed E-state index contributed by atoms with van der Waals surface area (Å²) >= 11 is 0. The van der Waals surface area contributed by atoms with Crippen LogP contribution in [0.15, 0.2) is 30.3 Å². The Hall–Kier alpha value is -2.96. The van der Waals surface area contributed by atoms with Crippen molar-refractivity contribution >= 4 is 22.8 Å². The number of nitrogens with zero attached hydrogens (tertiary/aromatic N) is 4. The Labute approximate surface area is 146 Å². The van der Waals surface area contributed by atoms with Gasteiger partial charge in [-0.25, -0.2) is 9.97 Å². The van der Waals surface area contributed by atoms with Crippen LogP contribution in [0.4, 0.5) is 11.6 Å². The van der Waals surface area contributed by atoms with Crippen LogP contribution in [0.2, 0.25) is 0 Å². The lowest BCUT2D eigenvalue weighted by atomic mass is 10.1. The van der Waals surface area contributed by atoms with Gasteiger partial charge in [0.25, 0.3) is 0 Å². The summed E-state index contributed by atoms with van der Waals surface area (Å²) in [6.45, 7) is 7.79. The van der Waals surface area contributed by atoms with Crippen LogP contribution in [0.25, 0.3) is 11.2 Å². The van der Waals surface area contributed by atoms with Crippen LogP contribution in [0, 0.1) is 6.92 Å². The highest BCUT2D eigenvalue weighted by Crippen LogP contribution is 2.26. The Bertz CT molecular complexity index is 882. The van der Waals surface area contributed by atoms with Gasteiger partial charge in [0.05, 0.1) is 23.5 Å². The molecule has 0 saturated carbocycles. The molecule has 1 aromatic carbocycles. The van der Waals surface area contributed by atoms with E-state index in [1.165, 1.54) is 0 Å². The zero-order chi connectivity index (χ0) is 18.0. The molecule has 7 nitrogen and oxygen atoms in total. The van der Waals surface area contributed by atoms with Gasteiger partial charge in [0.2, 0.25) is 11.8 Å². The fraction of sp³-hybridized carbons (Fsp3) is 0.333. The smallest absolute Gasteiger partial charge is 0.247 e. The predicted molar refractivity (Wildman–Crippen MR) is 98.5 cm³/mol. The van der Waals surface area contributed by atoms with Crippen molar-refractivity contribution in [3.63, 3.8) is 0 Å². The number of nitrogen functional groups attached to an aromatic ring is 1. The van der Waals surface area contributed by atoms with Crippen molar-refractivity contribution in [2.24, 2.45) is 0 Å². The monoisotopic (exact) mass is 338 g/mol. The van der Waals surface area contributed by atoms with Crippen molar-refractivity contribution in [1.29, 1.82) is 0 Å². The highest BCUT2D eigenvalue weighted by atomic mass is 16.5. The van der Waals surface area contributed by atoms with E-state index >= 15 is 0 Å². The molecule has 0 amide bonds. The molecule has 25 heavy (non-hydrogen) atoms. The molecule has 0 aliphatic carbocycles. The SMILES string of the molecule is Cc1nc2nc(N)nc(OC(C)C)c2nc1C(C)Nc1ccccc1. The molecule has 0 aliphatic heterocycles. The zero-order valence-electron chi connectivity index (χ0n) is 14.8. The minimum Gasteiger partial charge on any atom is -0.473 e. The lowest BCUT2D eigenvalue weighted by molar-refractivity contribution is 0.235. The van der Waals surface area contributed by atoms with E-state index in [0.29, 0.717) is 17.0 Å². The van der Waals surface area contributed by atoms with E-state index in [4.69, 9.17) is 15.5 Å². The van der Waals surface area contributed by atoms with Crippen molar-refractivity contribution in [3.8, 4) is 5.88 Å². The summed E-state index contributed by atoms with van der Waals surface area (Å²) in [5.74, 6) is 0.484. The zero-order valence-corrected chi connectivity index (χ0v) is 14.8. The van der Waals surface area contributed by atoms with Crippen molar-refractivity contribution in [1.82, 2.24) is 19.9 Å². The predicted octanol–water partition coefficient (Wildman–Crippen LogP) is 3.27. The summed E-state index contributed by atoms with van der Waals surface area (Å²) in [5.41, 5.74) is 9.35. The molecular weight excluding hydrogens is 316 g/mol. The van der Waals surface area contributed by atoms with Crippen molar-refractivity contribution < 1.29 is 4.74 Å². The van der Waals surface area contributed by atoms with E-state index in [9.17, 15) is 0 Å². The lowest BCUT2D eigenvalue weighted by Gasteiger charge is -2.18. The van der Waals surface area contributed by atoms with Gasteiger partial charge >= 0.3 is 0 Å². The average molecular weight is 338 g/mol. The van der Waals surface area contributed by atoms with E-state index in [1.807, 2.05) is 58.0 Å². The number of hydrogen-bond acceptors (Lipinski definition) is 7. The fourth-order valence-electron chi connectivity index (χ4n) is 2.60. The fourth-order valence-corrected chi connectivity index (χ4v) is 2.60. The Kier molecular flexibility index (Phi) is 4.65. The number of nitrogens with two attached hydrogens (primary N) is 1. The molecule has 2 heterocycles. The number of nitrogens with one attached hydrogen (secondary N) is 1. The van der Waals surface area contributed by atoms with Gasteiger partial charge in [0.15, 0.2) is 11.2 Å². The molecule has 3 aromatic rings. The molecule has 130 valence electrons. The molecule has 0 saturated heterocycles. The Morgan fingerprint density at radius 2 is 1.72 bits per heavy atom. The highest BCUT2D eigenvalue weighted by molar-refractivity contribution is 5.77. The number of benzene rings is 1. The van der Waals surface area contributed by atoms with Crippen LogP contribution in [0.1, 0.15) is 38.2 Å². The number of aromatic nitrogens is 4. The summed E-state index contributed by atoms with van der Waals surface area (Å²) in [5, 5.41) is 3.43. The first kappa shape index (κ1) is 16.9. The molecule has 0 aliphatic rings. The number of anilines is 2. The molecule has 1 unspecified atom stereocenters. The molecule has 0 bridgehead atoms. The van der Waals surface area contributed by atoms with Crippen LogP contribution in [-0.4, -0.2) is 26.0 Å². The minimum absolute atomic E-state index is 0.0382.